The number of carbonyl (C=O) groups is 1. The molecule has 19 heavy (non-hydrogen) atoms. The van der Waals surface area contributed by atoms with E-state index in [9.17, 15) is 4.79 Å². The highest BCUT2D eigenvalue weighted by molar-refractivity contribution is 7.99. The summed E-state index contributed by atoms with van der Waals surface area (Å²) in [6, 6.07) is 8.05. The number of amides is 1. The molecule has 0 radical (unpaired) electrons. The zero-order valence-electron chi connectivity index (χ0n) is 10.2. The zero-order valence-corrected chi connectivity index (χ0v) is 11.0. The average molecular weight is 274 g/mol. The molecule has 1 aromatic carbocycles. The second-order valence-corrected chi connectivity index (χ2v) is 5.49. The molecule has 0 saturated carbocycles. The van der Waals surface area contributed by atoms with Crippen molar-refractivity contribution in [3.8, 4) is 0 Å². The van der Waals surface area contributed by atoms with Crippen LogP contribution in [0.25, 0.3) is 0 Å². The number of thioether (sulfide) groups is 1. The third kappa shape index (κ3) is 2.31. The Bertz CT molecular complexity index is 610. The number of hydrogen-bond donors (Lipinski definition) is 3. The summed E-state index contributed by atoms with van der Waals surface area (Å²) < 4.78 is 0. The van der Waals surface area contributed by atoms with Gasteiger partial charge in [-0.2, -0.15) is 5.10 Å². The van der Waals surface area contributed by atoms with E-state index in [-0.39, 0.29) is 11.8 Å². The summed E-state index contributed by atoms with van der Waals surface area (Å²) in [6.45, 7) is 0.407. The van der Waals surface area contributed by atoms with E-state index in [1.807, 2.05) is 18.2 Å². The van der Waals surface area contributed by atoms with Crippen LogP contribution in [0, 0.1) is 0 Å². The summed E-state index contributed by atoms with van der Waals surface area (Å²) in [5, 5.41) is 9.39. The molecule has 3 rings (SSSR count). The van der Waals surface area contributed by atoms with Crippen molar-refractivity contribution in [2.45, 2.75) is 17.4 Å². The van der Waals surface area contributed by atoms with Gasteiger partial charge in [0.1, 0.15) is 5.82 Å². The summed E-state index contributed by atoms with van der Waals surface area (Å²) in [4.78, 5) is 13.4. The Morgan fingerprint density at radius 1 is 1.53 bits per heavy atom. The molecule has 1 amide bonds. The Morgan fingerprint density at radius 2 is 2.37 bits per heavy atom. The lowest BCUT2D eigenvalue weighted by Crippen LogP contribution is -2.29. The van der Waals surface area contributed by atoms with Crippen molar-refractivity contribution in [1.29, 1.82) is 0 Å². The van der Waals surface area contributed by atoms with E-state index in [2.05, 4.69) is 21.6 Å². The molecular formula is C13H14N4OS. The Morgan fingerprint density at radius 3 is 3.16 bits per heavy atom. The molecule has 98 valence electrons. The van der Waals surface area contributed by atoms with E-state index in [1.54, 1.807) is 18.0 Å². The van der Waals surface area contributed by atoms with Crippen molar-refractivity contribution in [3.05, 3.63) is 41.6 Å². The van der Waals surface area contributed by atoms with Crippen molar-refractivity contribution in [2.75, 3.05) is 11.5 Å². The van der Waals surface area contributed by atoms with Crippen molar-refractivity contribution < 1.29 is 4.79 Å². The minimum atomic E-state index is -0.0747. The van der Waals surface area contributed by atoms with Gasteiger partial charge < -0.3 is 11.1 Å². The number of nitrogens with zero attached hydrogens (tertiary/aromatic N) is 1. The fraction of sp³-hybridized carbons (Fsp3) is 0.231. The monoisotopic (exact) mass is 274 g/mol. The molecule has 6 heteroatoms. The standard InChI is InChI=1S/C13H14N4OS/c14-12-8(6-16-17-12)5-15-13(18)10-7-19-11-4-2-1-3-9(10)11/h1-4,6,10H,5,7H2,(H,15,18)(H3,14,16,17). The molecule has 2 aromatic rings. The summed E-state index contributed by atoms with van der Waals surface area (Å²) in [5.41, 5.74) is 7.61. The van der Waals surface area contributed by atoms with Gasteiger partial charge in [-0.25, -0.2) is 0 Å². The first kappa shape index (κ1) is 12.1. The minimum Gasteiger partial charge on any atom is -0.384 e. The molecule has 2 heterocycles. The maximum Gasteiger partial charge on any atom is 0.228 e. The van der Waals surface area contributed by atoms with Gasteiger partial charge >= 0.3 is 0 Å². The summed E-state index contributed by atoms with van der Waals surface area (Å²) >= 11 is 1.73. The van der Waals surface area contributed by atoms with Gasteiger partial charge in [0, 0.05) is 22.8 Å². The highest BCUT2D eigenvalue weighted by Gasteiger charge is 2.28. The number of carbonyl (C=O) groups excluding carboxylic acids is 1. The second kappa shape index (κ2) is 4.97. The van der Waals surface area contributed by atoms with Crippen LogP contribution in [-0.2, 0) is 11.3 Å². The molecule has 0 fully saturated rings. The van der Waals surface area contributed by atoms with E-state index in [0.717, 1.165) is 16.9 Å². The minimum absolute atomic E-state index is 0.0399. The van der Waals surface area contributed by atoms with Gasteiger partial charge in [-0.3, -0.25) is 9.89 Å². The number of H-pyrrole nitrogens is 1. The number of aromatic nitrogens is 2. The van der Waals surface area contributed by atoms with Crippen LogP contribution in [0.2, 0.25) is 0 Å². The lowest BCUT2D eigenvalue weighted by molar-refractivity contribution is -0.122. The number of nitrogen functional groups attached to an aromatic ring is 1. The van der Waals surface area contributed by atoms with Crippen LogP contribution in [0.5, 0.6) is 0 Å². The van der Waals surface area contributed by atoms with Gasteiger partial charge in [-0.1, -0.05) is 18.2 Å². The molecule has 1 unspecified atom stereocenters. The third-order valence-electron chi connectivity index (χ3n) is 3.22. The van der Waals surface area contributed by atoms with Crippen LogP contribution in [0.15, 0.2) is 35.4 Å². The quantitative estimate of drug-likeness (QED) is 0.792. The van der Waals surface area contributed by atoms with Crippen molar-refractivity contribution >= 4 is 23.5 Å². The molecule has 1 aliphatic rings. The fourth-order valence-corrected chi connectivity index (χ4v) is 3.38. The first-order valence-corrected chi connectivity index (χ1v) is 7.01. The zero-order chi connectivity index (χ0) is 13.2. The molecule has 1 atom stereocenters. The van der Waals surface area contributed by atoms with Crippen LogP contribution >= 0.6 is 11.8 Å². The smallest absolute Gasteiger partial charge is 0.228 e. The summed E-state index contributed by atoms with van der Waals surface area (Å²) in [7, 11) is 0. The largest absolute Gasteiger partial charge is 0.384 e. The average Bonchev–Trinajstić information content (AvgIpc) is 3.02. The van der Waals surface area contributed by atoms with Crippen molar-refractivity contribution in [3.63, 3.8) is 0 Å². The van der Waals surface area contributed by atoms with Gasteiger partial charge in [0.2, 0.25) is 5.91 Å². The maximum atomic E-state index is 12.2. The van der Waals surface area contributed by atoms with Crippen molar-refractivity contribution in [2.24, 2.45) is 0 Å². The molecule has 1 aliphatic heterocycles. The first-order valence-electron chi connectivity index (χ1n) is 6.03. The Labute approximate surface area is 115 Å². The van der Waals surface area contributed by atoms with Crippen LogP contribution in [0.1, 0.15) is 17.0 Å². The van der Waals surface area contributed by atoms with Crippen molar-refractivity contribution in [1.82, 2.24) is 15.5 Å². The Kier molecular flexibility index (Phi) is 3.16. The van der Waals surface area contributed by atoms with E-state index < -0.39 is 0 Å². The molecule has 5 nitrogen and oxygen atoms in total. The Hall–Kier alpha value is -1.95. The number of aromatic amines is 1. The number of fused-ring (bicyclic) bond motifs is 1. The fourth-order valence-electron chi connectivity index (χ4n) is 2.15. The summed E-state index contributed by atoms with van der Waals surface area (Å²) in [6.07, 6.45) is 1.63. The molecule has 1 aromatic heterocycles. The molecule has 0 bridgehead atoms. The molecular weight excluding hydrogens is 260 g/mol. The van der Waals surface area contributed by atoms with Crippen LogP contribution in [0.4, 0.5) is 5.82 Å². The molecule has 0 saturated heterocycles. The number of hydrogen-bond acceptors (Lipinski definition) is 4. The van der Waals surface area contributed by atoms with Gasteiger partial charge in [0.25, 0.3) is 0 Å². The van der Waals surface area contributed by atoms with Crippen LogP contribution in [0.3, 0.4) is 0 Å². The predicted octanol–water partition coefficient (Wildman–Crippen LogP) is 1.50. The third-order valence-corrected chi connectivity index (χ3v) is 4.40. The van der Waals surface area contributed by atoms with Gasteiger partial charge in [0.15, 0.2) is 0 Å². The number of rotatable bonds is 3. The number of anilines is 1. The van der Waals surface area contributed by atoms with E-state index >= 15 is 0 Å². The predicted molar refractivity (Wildman–Crippen MR) is 74.8 cm³/mol. The molecule has 4 N–H and O–H groups in total. The van der Waals surface area contributed by atoms with E-state index in [4.69, 9.17) is 5.73 Å². The van der Waals surface area contributed by atoms with Gasteiger partial charge in [0.05, 0.1) is 12.1 Å². The number of benzene rings is 1. The lowest BCUT2D eigenvalue weighted by Gasteiger charge is -2.11. The lowest BCUT2D eigenvalue weighted by atomic mass is 10.0. The van der Waals surface area contributed by atoms with Gasteiger partial charge in [-0.05, 0) is 11.6 Å². The van der Waals surface area contributed by atoms with Crippen LogP contribution in [-0.4, -0.2) is 21.9 Å². The summed E-state index contributed by atoms with van der Waals surface area (Å²) in [5.74, 6) is 1.26. The maximum absolute atomic E-state index is 12.2. The normalized spacial score (nSPS) is 17.2. The Balaban J connectivity index is 1.68. The van der Waals surface area contributed by atoms with Crippen LogP contribution < -0.4 is 11.1 Å². The number of nitrogens with two attached hydrogens (primary N) is 1. The van der Waals surface area contributed by atoms with E-state index in [1.165, 1.54) is 4.90 Å². The first-order chi connectivity index (χ1) is 9.25. The highest BCUT2D eigenvalue weighted by Crippen LogP contribution is 2.39. The SMILES string of the molecule is Nc1[nH]ncc1CNC(=O)C1CSc2ccccc21. The van der Waals surface area contributed by atoms with Gasteiger partial charge in [-0.15, -0.1) is 11.8 Å². The number of nitrogens with one attached hydrogen (secondary N) is 2. The topological polar surface area (TPSA) is 83.8 Å². The molecule has 0 aliphatic carbocycles. The second-order valence-electron chi connectivity index (χ2n) is 4.43. The van der Waals surface area contributed by atoms with E-state index in [0.29, 0.717) is 12.4 Å². The molecule has 0 spiro atoms. The highest BCUT2D eigenvalue weighted by atomic mass is 32.2.